The molecular weight excluding hydrogens is 461 g/mol. The van der Waals surface area contributed by atoms with Crippen LogP contribution in [0.2, 0.25) is 0 Å². The van der Waals surface area contributed by atoms with Crippen LogP contribution in [0, 0.1) is 5.82 Å². The van der Waals surface area contributed by atoms with Crippen LogP contribution in [0.3, 0.4) is 0 Å². The quantitative estimate of drug-likeness (QED) is 0.328. The second-order valence-electron chi connectivity index (χ2n) is 8.29. The average molecular weight is 486 g/mol. The summed E-state index contributed by atoms with van der Waals surface area (Å²) in [6.07, 6.45) is 4.20. The lowest BCUT2D eigenvalue weighted by atomic mass is 10.0. The lowest BCUT2D eigenvalue weighted by Gasteiger charge is -2.26. The predicted octanol–water partition coefficient (Wildman–Crippen LogP) is 4.83. The van der Waals surface area contributed by atoms with Crippen LogP contribution in [-0.4, -0.2) is 38.8 Å². The van der Waals surface area contributed by atoms with Gasteiger partial charge in [-0.15, -0.1) is 0 Å². The van der Waals surface area contributed by atoms with Gasteiger partial charge in [0.05, 0.1) is 36.9 Å². The summed E-state index contributed by atoms with van der Waals surface area (Å²) in [5, 5.41) is 8.28. The Hall–Kier alpha value is -4.66. The van der Waals surface area contributed by atoms with E-state index in [0.717, 1.165) is 22.2 Å². The lowest BCUT2D eigenvalue weighted by Crippen LogP contribution is -2.39. The highest BCUT2D eigenvalue weighted by Gasteiger charge is 2.25. The van der Waals surface area contributed by atoms with Gasteiger partial charge in [-0.05, 0) is 67.1 Å². The standard InChI is InChI=1S/C27H24FN5O3/c1-17(32-27(34)24-15-29-16-30-24)26(18-4-3-5-22(12-18)35-2)36-23-10-11-25-19(13-23)14-31-33(25)21-8-6-20(28)7-9-21/h3-17,26H,1-2H3,(H,29,30)(H,32,34)/t17-,26+/m0/s1. The van der Waals surface area contributed by atoms with E-state index >= 15 is 0 Å². The average Bonchev–Trinajstić information content (AvgIpc) is 3.58. The van der Waals surface area contributed by atoms with Crippen molar-refractivity contribution in [3.63, 3.8) is 0 Å². The molecule has 2 aromatic heterocycles. The number of carbonyl (C=O) groups excluding carboxylic acids is 1. The molecule has 5 aromatic rings. The number of amides is 1. The number of rotatable bonds is 8. The van der Waals surface area contributed by atoms with Crippen LogP contribution in [0.4, 0.5) is 4.39 Å². The fourth-order valence-corrected chi connectivity index (χ4v) is 4.04. The molecule has 0 saturated carbocycles. The zero-order valence-corrected chi connectivity index (χ0v) is 19.7. The van der Waals surface area contributed by atoms with Gasteiger partial charge in [-0.25, -0.2) is 14.1 Å². The maximum Gasteiger partial charge on any atom is 0.271 e. The molecule has 2 atom stereocenters. The fourth-order valence-electron chi connectivity index (χ4n) is 4.04. The number of hydrogen-bond donors (Lipinski definition) is 2. The van der Waals surface area contributed by atoms with E-state index in [1.54, 1.807) is 30.1 Å². The lowest BCUT2D eigenvalue weighted by molar-refractivity contribution is 0.0877. The van der Waals surface area contributed by atoms with E-state index in [2.05, 4.69) is 20.4 Å². The van der Waals surface area contributed by atoms with Crippen LogP contribution in [0.25, 0.3) is 16.6 Å². The maximum atomic E-state index is 13.3. The molecule has 36 heavy (non-hydrogen) atoms. The highest BCUT2D eigenvalue weighted by molar-refractivity contribution is 5.92. The van der Waals surface area contributed by atoms with Crippen LogP contribution in [-0.2, 0) is 0 Å². The Labute approximate surface area is 206 Å². The Morgan fingerprint density at radius 1 is 1.08 bits per heavy atom. The number of imidazole rings is 1. The van der Waals surface area contributed by atoms with Crippen molar-refractivity contribution in [1.29, 1.82) is 0 Å². The molecule has 0 aliphatic rings. The number of aromatic nitrogens is 4. The van der Waals surface area contributed by atoms with Crippen molar-refractivity contribution < 1.29 is 18.7 Å². The molecule has 3 aromatic carbocycles. The summed E-state index contributed by atoms with van der Waals surface area (Å²) in [7, 11) is 1.60. The number of nitrogens with zero attached hydrogens (tertiary/aromatic N) is 3. The summed E-state index contributed by atoms with van der Waals surface area (Å²) in [6, 6.07) is 18.9. The van der Waals surface area contributed by atoms with Gasteiger partial charge in [0.15, 0.2) is 0 Å². The van der Waals surface area contributed by atoms with Crippen molar-refractivity contribution in [2.45, 2.75) is 19.1 Å². The van der Waals surface area contributed by atoms with E-state index in [1.165, 1.54) is 24.7 Å². The highest BCUT2D eigenvalue weighted by Crippen LogP contribution is 2.30. The van der Waals surface area contributed by atoms with E-state index in [9.17, 15) is 9.18 Å². The Bertz CT molecular complexity index is 1480. The number of halogens is 1. The van der Waals surface area contributed by atoms with Gasteiger partial charge in [-0.3, -0.25) is 4.79 Å². The minimum Gasteiger partial charge on any atom is -0.497 e. The molecule has 0 aliphatic carbocycles. The first kappa shape index (κ1) is 23.1. The number of methoxy groups -OCH3 is 1. The van der Waals surface area contributed by atoms with Gasteiger partial charge in [-0.2, -0.15) is 5.10 Å². The van der Waals surface area contributed by atoms with Gasteiger partial charge in [-0.1, -0.05) is 12.1 Å². The molecule has 9 heteroatoms. The number of benzene rings is 3. The molecule has 0 radical (unpaired) electrons. The smallest absolute Gasteiger partial charge is 0.271 e. The molecule has 0 aliphatic heterocycles. The molecular formula is C27H24FN5O3. The van der Waals surface area contributed by atoms with Crippen LogP contribution in [0.15, 0.2) is 85.5 Å². The monoisotopic (exact) mass is 485 g/mol. The Balaban J connectivity index is 1.44. The molecule has 0 bridgehead atoms. The Morgan fingerprint density at radius 2 is 1.92 bits per heavy atom. The number of hydrogen-bond acceptors (Lipinski definition) is 5. The number of carbonyl (C=O) groups is 1. The third kappa shape index (κ3) is 4.76. The van der Waals surface area contributed by atoms with E-state index in [1.807, 2.05) is 49.4 Å². The van der Waals surface area contributed by atoms with Gasteiger partial charge >= 0.3 is 0 Å². The maximum absolute atomic E-state index is 13.3. The zero-order chi connectivity index (χ0) is 25.1. The summed E-state index contributed by atoms with van der Waals surface area (Å²) in [5.74, 6) is 0.678. The van der Waals surface area contributed by atoms with Gasteiger partial charge in [0, 0.05) is 11.6 Å². The molecule has 0 saturated heterocycles. The van der Waals surface area contributed by atoms with Gasteiger partial charge < -0.3 is 19.8 Å². The molecule has 182 valence electrons. The molecule has 0 fully saturated rings. The van der Waals surface area contributed by atoms with E-state index in [0.29, 0.717) is 17.2 Å². The van der Waals surface area contributed by atoms with Crippen LogP contribution < -0.4 is 14.8 Å². The molecule has 2 heterocycles. The first-order chi connectivity index (χ1) is 17.5. The van der Waals surface area contributed by atoms with Crippen molar-refractivity contribution in [3.8, 4) is 17.2 Å². The van der Waals surface area contributed by atoms with E-state index in [-0.39, 0.29) is 11.7 Å². The third-order valence-corrected chi connectivity index (χ3v) is 5.84. The van der Waals surface area contributed by atoms with Gasteiger partial charge in [0.1, 0.15) is 29.1 Å². The molecule has 0 spiro atoms. The molecule has 8 nitrogen and oxygen atoms in total. The Kier molecular flexibility index (Phi) is 6.36. The van der Waals surface area contributed by atoms with Crippen LogP contribution >= 0.6 is 0 Å². The van der Waals surface area contributed by atoms with E-state index in [4.69, 9.17) is 9.47 Å². The summed E-state index contributed by atoms with van der Waals surface area (Å²) in [5.41, 5.74) is 2.74. The van der Waals surface area contributed by atoms with Crippen molar-refractivity contribution in [2.24, 2.45) is 0 Å². The second-order valence-corrected chi connectivity index (χ2v) is 8.29. The topological polar surface area (TPSA) is 94.1 Å². The first-order valence-corrected chi connectivity index (χ1v) is 11.4. The zero-order valence-electron chi connectivity index (χ0n) is 19.7. The highest BCUT2D eigenvalue weighted by atomic mass is 19.1. The molecule has 5 rings (SSSR count). The number of aromatic amines is 1. The van der Waals surface area contributed by atoms with Crippen molar-refractivity contribution in [3.05, 3.63) is 103 Å². The van der Waals surface area contributed by atoms with Crippen LogP contribution in [0.5, 0.6) is 11.5 Å². The minimum absolute atomic E-state index is 0.292. The number of nitrogens with one attached hydrogen (secondary N) is 2. The van der Waals surface area contributed by atoms with Crippen molar-refractivity contribution in [1.82, 2.24) is 25.1 Å². The van der Waals surface area contributed by atoms with Crippen molar-refractivity contribution >= 4 is 16.8 Å². The predicted molar refractivity (Wildman–Crippen MR) is 133 cm³/mol. The molecule has 1 amide bonds. The summed E-state index contributed by atoms with van der Waals surface area (Å²) in [6.45, 7) is 1.87. The second kappa shape index (κ2) is 9.91. The summed E-state index contributed by atoms with van der Waals surface area (Å²) < 4.78 is 26.9. The normalized spacial score (nSPS) is 12.8. The number of ether oxygens (including phenoxy) is 2. The largest absolute Gasteiger partial charge is 0.497 e. The number of fused-ring (bicyclic) bond motifs is 1. The SMILES string of the molecule is COc1cccc([C@H](Oc2ccc3c(cnn3-c3ccc(F)cc3)c2)[C@H](C)NC(=O)c2c[nH]cn2)c1. The van der Waals surface area contributed by atoms with Gasteiger partial charge in [0.25, 0.3) is 5.91 Å². The minimum atomic E-state index is -0.521. The van der Waals surface area contributed by atoms with Crippen molar-refractivity contribution in [2.75, 3.05) is 7.11 Å². The van der Waals surface area contributed by atoms with Crippen LogP contribution in [0.1, 0.15) is 29.1 Å². The first-order valence-electron chi connectivity index (χ1n) is 11.4. The molecule has 2 N–H and O–H groups in total. The Morgan fingerprint density at radius 3 is 2.67 bits per heavy atom. The number of H-pyrrole nitrogens is 1. The van der Waals surface area contributed by atoms with E-state index < -0.39 is 12.1 Å². The van der Waals surface area contributed by atoms with Gasteiger partial charge in [0.2, 0.25) is 0 Å². The summed E-state index contributed by atoms with van der Waals surface area (Å²) in [4.78, 5) is 19.5. The fraction of sp³-hybridized carbons (Fsp3) is 0.148. The third-order valence-electron chi connectivity index (χ3n) is 5.84. The summed E-state index contributed by atoms with van der Waals surface area (Å²) >= 11 is 0. The molecule has 0 unspecified atom stereocenters.